The van der Waals surface area contributed by atoms with Crippen molar-refractivity contribution in [1.82, 2.24) is 15.4 Å². The number of hydrogen-bond acceptors (Lipinski definition) is 4. The predicted molar refractivity (Wildman–Crippen MR) is 76.9 cm³/mol. The Morgan fingerprint density at radius 1 is 1.48 bits per heavy atom. The zero-order valence-corrected chi connectivity index (χ0v) is 12.8. The van der Waals surface area contributed by atoms with Crippen LogP contribution in [0.25, 0.3) is 0 Å². The number of aromatic nitrogens is 1. The van der Waals surface area contributed by atoms with Crippen LogP contribution in [0.5, 0.6) is 0 Å². The van der Waals surface area contributed by atoms with Crippen LogP contribution < -0.4 is 5.32 Å². The van der Waals surface area contributed by atoms with Crippen molar-refractivity contribution in [2.24, 2.45) is 5.41 Å². The number of ether oxygens (including phenoxy) is 1. The van der Waals surface area contributed by atoms with Gasteiger partial charge in [-0.1, -0.05) is 12.1 Å². The summed E-state index contributed by atoms with van der Waals surface area (Å²) in [6, 6.07) is -0.0190. The molecule has 1 aliphatic carbocycles. The van der Waals surface area contributed by atoms with Crippen LogP contribution in [0.2, 0.25) is 0 Å². The zero-order valence-electron chi connectivity index (χ0n) is 12.8. The van der Waals surface area contributed by atoms with Crippen molar-refractivity contribution in [1.29, 1.82) is 0 Å². The van der Waals surface area contributed by atoms with Gasteiger partial charge in [-0.05, 0) is 26.2 Å². The van der Waals surface area contributed by atoms with Gasteiger partial charge in [-0.25, -0.2) is 4.79 Å². The topological polar surface area (TPSA) is 67.6 Å². The van der Waals surface area contributed by atoms with Crippen LogP contribution in [0.15, 0.2) is 4.52 Å². The van der Waals surface area contributed by atoms with E-state index in [9.17, 15) is 4.79 Å². The first-order chi connectivity index (χ1) is 10.1. The number of hydrogen-bond donors (Lipinski definition) is 1. The third kappa shape index (κ3) is 3.05. The Labute approximate surface area is 124 Å². The first-order valence-corrected chi connectivity index (χ1v) is 7.68. The molecule has 2 heterocycles. The maximum atomic E-state index is 12.4. The number of carbonyl (C=O) groups is 1. The fraction of sp³-hybridized carbons (Fsp3) is 0.733. The summed E-state index contributed by atoms with van der Waals surface area (Å²) in [6.45, 7) is 7.28. The molecule has 3 rings (SSSR count). The molecule has 0 atom stereocenters. The second kappa shape index (κ2) is 5.67. The van der Waals surface area contributed by atoms with Crippen LogP contribution >= 0.6 is 0 Å². The Morgan fingerprint density at radius 3 is 3.00 bits per heavy atom. The van der Waals surface area contributed by atoms with Crippen LogP contribution in [-0.2, 0) is 17.7 Å². The molecule has 1 aromatic rings. The van der Waals surface area contributed by atoms with Gasteiger partial charge in [-0.15, -0.1) is 0 Å². The molecule has 1 saturated carbocycles. The summed E-state index contributed by atoms with van der Waals surface area (Å²) >= 11 is 0. The maximum Gasteiger partial charge on any atom is 0.317 e. The van der Waals surface area contributed by atoms with E-state index in [0.717, 1.165) is 36.6 Å². The van der Waals surface area contributed by atoms with E-state index in [1.165, 1.54) is 12.8 Å². The molecule has 0 aromatic carbocycles. The molecule has 6 heteroatoms. The van der Waals surface area contributed by atoms with E-state index in [2.05, 4.69) is 10.5 Å². The molecule has 1 saturated heterocycles. The molecular weight excluding hydrogens is 270 g/mol. The molecule has 0 bridgehead atoms. The molecule has 2 aliphatic rings. The fourth-order valence-electron chi connectivity index (χ4n) is 2.86. The van der Waals surface area contributed by atoms with Crippen molar-refractivity contribution < 1.29 is 14.1 Å². The highest BCUT2D eigenvalue weighted by Gasteiger charge is 2.46. The lowest BCUT2D eigenvalue weighted by molar-refractivity contribution is 0.115. The van der Waals surface area contributed by atoms with E-state index in [-0.39, 0.29) is 11.4 Å². The van der Waals surface area contributed by atoms with E-state index in [1.54, 1.807) is 0 Å². The number of urea groups is 1. The minimum atomic E-state index is -0.0190. The third-order valence-corrected chi connectivity index (χ3v) is 4.50. The standard InChI is InChI=1S/C15H23N3O3/c1-3-13-12(11(2)21-17-13)8-16-14(19)18-6-7-20-10-15(9-18)4-5-15/h3-10H2,1-2H3,(H,16,19). The van der Waals surface area contributed by atoms with Crippen molar-refractivity contribution in [3.05, 3.63) is 17.0 Å². The normalized spacial score (nSPS) is 20.4. The molecule has 2 fully saturated rings. The van der Waals surface area contributed by atoms with Crippen molar-refractivity contribution in [3.63, 3.8) is 0 Å². The number of carbonyl (C=O) groups excluding carboxylic acids is 1. The largest absolute Gasteiger partial charge is 0.379 e. The minimum absolute atomic E-state index is 0.0190. The van der Waals surface area contributed by atoms with Gasteiger partial charge in [-0.3, -0.25) is 0 Å². The Kier molecular flexibility index (Phi) is 3.89. The maximum absolute atomic E-state index is 12.4. The van der Waals surface area contributed by atoms with E-state index < -0.39 is 0 Å². The van der Waals surface area contributed by atoms with Crippen LogP contribution in [0.3, 0.4) is 0 Å². The van der Waals surface area contributed by atoms with Crippen molar-refractivity contribution in [3.8, 4) is 0 Å². The highest BCUT2D eigenvalue weighted by molar-refractivity contribution is 5.74. The number of aryl methyl sites for hydroxylation is 2. The SMILES string of the molecule is CCc1noc(C)c1CNC(=O)N1CCOCC2(CC2)C1. The van der Waals surface area contributed by atoms with Crippen LogP contribution in [0, 0.1) is 12.3 Å². The highest BCUT2D eigenvalue weighted by atomic mass is 16.5. The molecule has 0 radical (unpaired) electrons. The molecule has 21 heavy (non-hydrogen) atoms. The van der Waals surface area contributed by atoms with Crippen LogP contribution in [0.1, 0.15) is 36.8 Å². The van der Waals surface area contributed by atoms with Crippen LogP contribution in [-0.4, -0.2) is 42.4 Å². The quantitative estimate of drug-likeness (QED) is 0.924. The molecule has 116 valence electrons. The monoisotopic (exact) mass is 293 g/mol. The Bertz CT molecular complexity index is 522. The Morgan fingerprint density at radius 2 is 2.29 bits per heavy atom. The lowest BCUT2D eigenvalue weighted by Gasteiger charge is -2.23. The Balaban J connectivity index is 1.59. The van der Waals surface area contributed by atoms with E-state index >= 15 is 0 Å². The molecule has 0 unspecified atom stereocenters. The van der Waals surface area contributed by atoms with Gasteiger partial charge in [0.15, 0.2) is 0 Å². The number of amides is 2. The highest BCUT2D eigenvalue weighted by Crippen LogP contribution is 2.47. The summed E-state index contributed by atoms with van der Waals surface area (Å²) < 4.78 is 10.8. The second-order valence-corrected chi connectivity index (χ2v) is 6.15. The molecule has 1 N–H and O–H groups in total. The third-order valence-electron chi connectivity index (χ3n) is 4.50. The van der Waals surface area contributed by atoms with Gasteiger partial charge in [0, 0.05) is 30.6 Å². The molecule has 2 amide bonds. The van der Waals surface area contributed by atoms with Gasteiger partial charge in [0.1, 0.15) is 5.76 Å². The summed E-state index contributed by atoms with van der Waals surface area (Å²) in [5.74, 6) is 0.782. The first-order valence-electron chi connectivity index (χ1n) is 7.68. The fourth-order valence-corrected chi connectivity index (χ4v) is 2.86. The lowest BCUT2D eigenvalue weighted by Crippen LogP contribution is -2.43. The lowest BCUT2D eigenvalue weighted by atomic mass is 10.1. The van der Waals surface area contributed by atoms with Crippen molar-refractivity contribution in [2.75, 3.05) is 26.3 Å². The average molecular weight is 293 g/mol. The summed E-state index contributed by atoms with van der Waals surface area (Å²) in [4.78, 5) is 14.3. The molecule has 1 spiro atoms. The summed E-state index contributed by atoms with van der Waals surface area (Å²) in [5, 5.41) is 7.01. The van der Waals surface area contributed by atoms with E-state index in [0.29, 0.717) is 19.7 Å². The summed E-state index contributed by atoms with van der Waals surface area (Å²) in [5.41, 5.74) is 2.15. The molecule has 1 aromatic heterocycles. The van der Waals surface area contributed by atoms with Gasteiger partial charge in [0.2, 0.25) is 0 Å². The molecule has 6 nitrogen and oxygen atoms in total. The smallest absolute Gasteiger partial charge is 0.317 e. The van der Waals surface area contributed by atoms with Gasteiger partial charge < -0.3 is 19.5 Å². The van der Waals surface area contributed by atoms with Gasteiger partial charge >= 0.3 is 6.03 Å². The van der Waals surface area contributed by atoms with E-state index in [1.807, 2.05) is 18.7 Å². The average Bonchev–Trinajstić information content (AvgIpc) is 3.21. The number of nitrogens with zero attached hydrogens (tertiary/aromatic N) is 2. The zero-order chi connectivity index (χ0) is 14.9. The first kappa shape index (κ1) is 14.4. The summed E-state index contributed by atoms with van der Waals surface area (Å²) in [6.07, 6.45) is 3.15. The summed E-state index contributed by atoms with van der Waals surface area (Å²) in [7, 11) is 0. The molecule has 1 aliphatic heterocycles. The Hall–Kier alpha value is -1.56. The minimum Gasteiger partial charge on any atom is -0.379 e. The second-order valence-electron chi connectivity index (χ2n) is 6.15. The van der Waals surface area contributed by atoms with Gasteiger partial charge in [0.05, 0.1) is 18.9 Å². The predicted octanol–water partition coefficient (Wildman–Crippen LogP) is 1.87. The van der Waals surface area contributed by atoms with Gasteiger partial charge in [0.25, 0.3) is 0 Å². The van der Waals surface area contributed by atoms with Crippen molar-refractivity contribution in [2.45, 2.75) is 39.7 Å². The van der Waals surface area contributed by atoms with E-state index in [4.69, 9.17) is 9.26 Å². The number of nitrogens with one attached hydrogen (secondary N) is 1. The molecular formula is C15H23N3O3. The van der Waals surface area contributed by atoms with Gasteiger partial charge in [-0.2, -0.15) is 0 Å². The van der Waals surface area contributed by atoms with Crippen LogP contribution in [0.4, 0.5) is 4.79 Å². The number of rotatable bonds is 3. The van der Waals surface area contributed by atoms with Crippen molar-refractivity contribution >= 4 is 6.03 Å².